The topological polar surface area (TPSA) is 104 Å². The van der Waals surface area contributed by atoms with Crippen molar-refractivity contribution < 1.29 is 23.9 Å². The van der Waals surface area contributed by atoms with Crippen molar-refractivity contribution in [2.45, 2.75) is 31.6 Å². The number of piperazine rings is 1. The highest BCUT2D eigenvalue weighted by atomic mass is 35.5. The molecule has 1 fully saturated rings. The van der Waals surface area contributed by atoms with Crippen molar-refractivity contribution in [3.8, 4) is 11.8 Å². The molecule has 2 atom stereocenters. The number of carbonyl (C=O) groups is 4. The highest BCUT2D eigenvalue weighted by Gasteiger charge is 2.33. The predicted molar refractivity (Wildman–Crippen MR) is 190 cm³/mol. The average Bonchev–Trinajstić information content (AvgIpc) is 3.60. The first kappa shape index (κ1) is 34.4. The Hall–Kier alpha value is -4.43. The van der Waals surface area contributed by atoms with E-state index in [4.69, 9.17) is 27.9 Å². The zero-order valence-corrected chi connectivity index (χ0v) is 28.8. The van der Waals surface area contributed by atoms with Gasteiger partial charge in [0, 0.05) is 61.6 Å². The lowest BCUT2D eigenvalue weighted by Crippen LogP contribution is -2.50. The van der Waals surface area contributed by atoms with Crippen LogP contribution >= 0.6 is 23.2 Å². The van der Waals surface area contributed by atoms with Gasteiger partial charge in [0.2, 0.25) is 5.91 Å². The molecule has 3 amide bonds. The van der Waals surface area contributed by atoms with Crippen LogP contribution in [0.2, 0.25) is 10.0 Å². The number of Topliss-reactive ketones (excluding diaryl/α,β-unsaturated/α-hetero) is 1. The number of rotatable bonds is 9. The van der Waals surface area contributed by atoms with E-state index in [9.17, 15) is 19.2 Å². The summed E-state index contributed by atoms with van der Waals surface area (Å²) in [5.41, 5.74) is 2.68. The molecular formula is C37H38Cl2N5O5+. The third kappa shape index (κ3) is 7.91. The fourth-order valence-electron chi connectivity index (χ4n) is 6.72. The van der Waals surface area contributed by atoms with E-state index in [1.807, 2.05) is 17.0 Å². The Morgan fingerprint density at radius 1 is 0.939 bits per heavy atom. The van der Waals surface area contributed by atoms with Gasteiger partial charge in [-0.15, -0.1) is 0 Å². The molecule has 3 aromatic carbocycles. The summed E-state index contributed by atoms with van der Waals surface area (Å²) in [4.78, 5) is 62.9. The number of halogens is 2. The maximum absolute atomic E-state index is 14.1. The minimum Gasteiger partial charge on any atom is -0.496 e. The van der Waals surface area contributed by atoms with Crippen LogP contribution in [0.1, 0.15) is 57.9 Å². The number of hydrogen-bond acceptors (Lipinski definition) is 6. The van der Waals surface area contributed by atoms with Crippen molar-refractivity contribution >= 4 is 58.1 Å². The molecule has 10 nitrogen and oxygen atoms in total. The zero-order valence-electron chi connectivity index (χ0n) is 27.3. The quantitative estimate of drug-likeness (QED) is 0.284. The molecule has 3 aliphatic rings. The lowest BCUT2D eigenvalue weighted by Gasteiger charge is -2.35. The van der Waals surface area contributed by atoms with Gasteiger partial charge >= 0.3 is 0 Å². The maximum Gasteiger partial charge on any atom is 0.284 e. The number of benzene rings is 3. The Bertz CT molecular complexity index is 1830. The summed E-state index contributed by atoms with van der Waals surface area (Å²) in [7, 11) is 1.48. The number of hydrogen-bond donors (Lipinski definition) is 1. The number of amides is 3. The zero-order chi connectivity index (χ0) is 34.5. The largest absolute Gasteiger partial charge is 0.496 e. The van der Waals surface area contributed by atoms with Gasteiger partial charge in [-0.1, -0.05) is 40.2 Å². The first-order valence-corrected chi connectivity index (χ1v) is 17.3. The van der Waals surface area contributed by atoms with Gasteiger partial charge in [-0.25, -0.2) is 0 Å². The van der Waals surface area contributed by atoms with Crippen LogP contribution in [0.4, 0.5) is 11.4 Å². The molecule has 1 saturated heterocycles. The van der Waals surface area contributed by atoms with Crippen molar-refractivity contribution in [3.05, 3.63) is 92.2 Å². The smallest absolute Gasteiger partial charge is 0.284 e. The molecule has 1 N–H and O–H groups in total. The van der Waals surface area contributed by atoms with Gasteiger partial charge in [-0.3, -0.25) is 24.1 Å². The van der Waals surface area contributed by atoms with E-state index >= 15 is 0 Å². The Labute approximate surface area is 295 Å². The Morgan fingerprint density at radius 2 is 1.73 bits per heavy atom. The minimum absolute atomic E-state index is 0.0500. The van der Waals surface area contributed by atoms with Crippen LogP contribution in [-0.2, 0) is 9.59 Å². The molecule has 0 saturated carbocycles. The monoisotopic (exact) mass is 702 g/mol. The first-order valence-electron chi connectivity index (χ1n) is 16.5. The second kappa shape index (κ2) is 15.4. The molecule has 49 heavy (non-hydrogen) atoms. The SMILES string of the molecule is COc1cc(NC(=O)c2ccccc2Cl)ccc1C(=O)N1CCCC(CC(=O)N2CCN(CC(=O)C3C#[N+]CC3)CC2)c2cc(Cl)ccc21. The molecule has 2 unspecified atom stereocenters. The average molecular weight is 704 g/mol. The van der Waals surface area contributed by atoms with Gasteiger partial charge in [0.15, 0.2) is 11.7 Å². The summed E-state index contributed by atoms with van der Waals surface area (Å²) in [6, 6.07) is 20.0. The van der Waals surface area contributed by atoms with Gasteiger partial charge in [-0.2, -0.15) is 0 Å². The molecule has 0 radical (unpaired) electrons. The number of ketones is 1. The molecule has 254 valence electrons. The number of nitrogens with zero attached hydrogens (tertiary/aromatic N) is 4. The van der Waals surface area contributed by atoms with E-state index in [1.165, 1.54) is 7.11 Å². The molecule has 6 rings (SSSR count). The van der Waals surface area contributed by atoms with E-state index in [1.54, 1.807) is 53.4 Å². The predicted octanol–water partition coefficient (Wildman–Crippen LogP) is 6.23. The molecule has 3 heterocycles. The summed E-state index contributed by atoms with van der Waals surface area (Å²) in [5.74, 6) is -0.472. The normalized spacial score (nSPS) is 18.9. The number of anilines is 2. The number of nitrogens with one attached hydrogen (secondary N) is 1. The van der Waals surface area contributed by atoms with E-state index in [2.05, 4.69) is 21.1 Å². The van der Waals surface area contributed by atoms with E-state index in [0.717, 1.165) is 12.0 Å². The summed E-state index contributed by atoms with van der Waals surface area (Å²) < 4.78 is 5.62. The molecule has 0 aromatic heterocycles. The second-order valence-electron chi connectivity index (χ2n) is 12.5. The molecule has 3 aliphatic heterocycles. The van der Waals surface area contributed by atoms with Crippen LogP contribution in [0.15, 0.2) is 60.7 Å². The summed E-state index contributed by atoms with van der Waals surface area (Å²) >= 11 is 12.7. The summed E-state index contributed by atoms with van der Waals surface area (Å²) in [6.45, 7) is 3.86. The van der Waals surface area contributed by atoms with E-state index in [0.29, 0.717) is 103 Å². The lowest BCUT2D eigenvalue weighted by atomic mass is 9.90. The van der Waals surface area contributed by atoms with Crippen LogP contribution in [-0.4, -0.2) is 86.2 Å². The van der Waals surface area contributed by atoms with Crippen molar-refractivity contribution in [1.29, 1.82) is 0 Å². The van der Waals surface area contributed by atoms with E-state index < -0.39 is 0 Å². The van der Waals surface area contributed by atoms with Crippen LogP contribution in [0.3, 0.4) is 0 Å². The highest BCUT2D eigenvalue weighted by Crippen LogP contribution is 2.40. The molecule has 0 aliphatic carbocycles. The van der Waals surface area contributed by atoms with Crippen molar-refractivity contribution in [2.24, 2.45) is 5.92 Å². The fraction of sp³-hybridized carbons (Fsp3) is 0.378. The number of carbonyl (C=O) groups excluding carboxylic acids is 4. The van der Waals surface area contributed by atoms with Gasteiger partial charge in [-0.05, 0) is 66.8 Å². The van der Waals surface area contributed by atoms with Gasteiger partial charge < -0.3 is 19.9 Å². The van der Waals surface area contributed by atoms with Gasteiger partial charge in [0.05, 0.1) is 36.2 Å². The number of fused-ring (bicyclic) bond motifs is 1. The standard InChI is InChI=1S/C37H37Cl2N5O5/c1-49-34-21-27(41-36(47)28-6-2-3-7-31(28)39)9-10-29(34)37(48)44-14-4-5-24(30-20-26(38)8-11-32(30)44)19-35(46)43-17-15-42(16-18-43)23-33(45)25-12-13-40-22-25/h2-3,6-11,20-21,24-25H,4-5,12-19,23H2,1H3/p+1. The van der Waals surface area contributed by atoms with E-state index in [-0.39, 0.29) is 35.3 Å². The Kier molecular flexibility index (Phi) is 10.8. The molecule has 3 aromatic rings. The molecule has 0 bridgehead atoms. The molecule has 12 heteroatoms. The fourth-order valence-corrected chi connectivity index (χ4v) is 7.12. The minimum atomic E-state index is -0.379. The Balaban J connectivity index is 1.14. The number of ether oxygens (including phenoxy) is 1. The molecule has 0 spiro atoms. The molecular weight excluding hydrogens is 665 g/mol. The lowest BCUT2D eigenvalue weighted by molar-refractivity contribution is -0.133. The maximum atomic E-state index is 14.1. The van der Waals surface area contributed by atoms with Crippen LogP contribution in [0, 0.1) is 12.0 Å². The Morgan fingerprint density at radius 3 is 2.47 bits per heavy atom. The summed E-state index contributed by atoms with van der Waals surface area (Å²) in [6.07, 6.45) is 2.42. The van der Waals surface area contributed by atoms with Crippen LogP contribution in [0.5, 0.6) is 5.75 Å². The van der Waals surface area contributed by atoms with Crippen LogP contribution in [0.25, 0.3) is 4.85 Å². The third-order valence-corrected chi connectivity index (χ3v) is 9.96. The summed E-state index contributed by atoms with van der Waals surface area (Å²) in [5, 5.41) is 3.69. The third-order valence-electron chi connectivity index (χ3n) is 9.40. The van der Waals surface area contributed by atoms with Crippen molar-refractivity contribution in [1.82, 2.24) is 9.80 Å². The van der Waals surface area contributed by atoms with Gasteiger partial charge in [0.1, 0.15) is 5.75 Å². The number of methoxy groups -OCH3 is 1. The van der Waals surface area contributed by atoms with Crippen molar-refractivity contribution in [2.75, 3.05) is 63.1 Å². The van der Waals surface area contributed by atoms with Gasteiger partial charge in [0.25, 0.3) is 24.4 Å². The second-order valence-corrected chi connectivity index (χ2v) is 13.4. The van der Waals surface area contributed by atoms with Crippen LogP contribution < -0.4 is 15.0 Å². The highest BCUT2D eigenvalue weighted by molar-refractivity contribution is 6.34. The van der Waals surface area contributed by atoms with Crippen molar-refractivity contribution in [3.63, 3.8) is 0 Å². The first-order chi connectivity index (χ1) is 23.7.